The summed E-state index contributed by atoms with van der Waals surface area (Å²) in [5, 5.41) is 26.9. The fourth-order valence-corrected chi connectivity index (χ4v) is 3.35. The van der Waals surface area contributed by atoms with Crippen LogP contribution in [0.1, 0.15) is 44.1 Å². The molecule has 0 amide bonds. The molecule has 1 aliphatic rings. The minimum atomic E-state index is -1.18. The average molecular weight is 305 g/mol. The summed E-state index contributed by atoms with van der Waals surface area (Å²) < 4.78 is 0. The zero-order valence-electron chi connectivity index (χ0n) is 13.2. The molecule has 0 heterocycles. The van der Waals surface area contributed by atoms with E-state index in [0.717, 1.165) is 31.6 Å². The Morgan fingerprint density at radius 1 is 1.14 bits per heavy atom. The van der Waals surface area contributed by atoms with Crippen LogP contribution in [0.4, 0.5) is 0 Å². The van der Waals surface area contributed by atoms with Crippen LogP contribution in [0.15, 0.2) is 24.3 Å². The lowest BCUT2D eigenvalue weighted by Crippen LogP contribution is -2.39. The molecule has 1 aromatic rings. The van der Waals surface area contributed by atoms with Gasteiger partial charge in [-0.05, 0) is 68.0 Å². The molecule has 0 radical (unpaired) electrons. The van der Waals surface area contributed by atoms with E-state index < -0.39 is 7.12 Å². The molecule has 0 aromatic heterocycles. The molecular formula is C17H28BNO3. The first-order chi connectivity index (χ1) is 10.5. The quantitative estimate of drug-likeness (QED) is 0.416. The summed E-state index contributed by atoms with van der Waals surface area (Å²) in [6.45, 7) is 0. The van der Waals surface area contributed by atoms with Crippen molar-refractivity contribution in [3.8, 4) is 5.75 Å². The topological polar surface area (TPSA) is 86.7 Å². The number of nitrogens with two attached hydrogens (primary N) is 1. The number of aryl methyl sites for hydroxylation is 1. The second-order valence-electron chi connectivity index (χ2n) is 6.73. The summed E-state index contributed by atoms with van der Waals surface area (Å²) in [7, 11) is -1.18. The molecule has 0 spiro atoms. The monoisotopic (exact) mass is 305 g/mol. The molecule has 2 rings (SSSR count). The molecule has 0 bridgehead atoms. The molecule has 1 saturated carbocycles. The van der Waals surface area contributed by atoms with Crippen molar-refractivity contribution in [1.29, 1.82) is 0 Å². The highest BCUT2D eigenvalue weighted by molar-refractivity contribution is 6.40. The van der Waals surface area contributed by atoms with Gasteiger partial charge in [0, 0.05) is 6.04 Å². The van der Waals surface area contributed by atoms with Crippen LogP contribution < -0.4 is 5.73 Å². The smallest absolute Gasteiger partial charge is 0.451 e. The van der Waals surface area contributed by atoms with Gasteiger partial charge < -0.3 is 20.9 Å². The number of rotatable bonds is 9. The Morgan fingerprint density at radius 2 is 1.82 bits per heavy atom. The molecule has 1 aliphatic carbocycles. The van der Waals surface area contributed by atoms with E-state index >= 15 is 0 Å². The number of hydrogen-bond donors (Lipinski definition) is 4. The van der Waals surface area contributed by atoms with Gasteiger partial charge >= 0.3 is 7.12 Å². The largest absolute Gasteiger partial charge is 0.508 e. The molecule has 1 unspecified atom stereocenters. The molecule has 22 heavy (non-hydrogen) atoms. The number of phenolic OH excluding ortho intramolecular Hbond substituents is 1. The second-order valence-corrected chi connectivity index (χ2v) is 6.73. The van der Waals surface area contributed by atoms with Crippen molar-refractivity contribution in [2.45, 2.75) is 57.3 Å². The van der Waals surface area contributed by atoms with Crippen LogP contribution in [0.5, 0.6) is 5.75 Å². The maximum absolute atomic E-state index is 9.26. The van der Waals surface area contributed by atoms with Crippen LogP contribution in [0.3, 0.4) is 0 Å². The Hall–Kier alpha value is -1.04. The lowest BCUT2D eigenvalue weighted by molar-refractivity contribution is 0.147. The van der Waals surface area contributed by atoms with Gasteiger partial charge in [0.2, 0.25) is 0 Å². The number of phenols is 1. The van der Waals surface area contributed by atoms with Gasteiger partial charge in [0.1, 0.15) is 5.75 Å². The van der Waals surface area contributed by atoms with Gasteiger partial charge in [0.25, 0.3) is 0 Å². The predicted molar refractivity (Wildman–Crippen MR) is 89.5 cm³/mol. The Balaban J connectivity index is 1.56. The Bertz CT molecular complexity index is 432. The normalized spacial score (nSPS) is 22.1. The summed E-state index contributed by atoms with van der Waals surface area (Å²) >= 11 is 0. The fraction of sp³-hybridized carbons (Fsp3) is 0.647. The van der Waals surface area contributed by atoms with Gasteiger partial charge in [-0.2, -0.15) is 0 Å². The molecule has 122 valence electrons. The summed E-state index contributed by atoms with van der Waals surface area (Å²) in [5.74, 6) is 1.75. The molecule has 1 aromatic carbocycles. The SMILES string of the molecule is NC(CCCCB(O)O)C1CC(CCc2ccc(O)cc2)C1. The minimum Gasteiger partial charge on any atom is -0.508 e. The third-order valence-corrected chi connectivity index (χ3v) is 4.91. The first kappa shape index (κ1) is 17.3. The van der Waals surface area contributed by atoms with Gasteiger partial charge in [-0.25, -0.2) is 0 Å². The van der Waals surface area contributed by atoms with Crippen molar-refractivity contribution < 1.29 is 15.2 Å². The lowest BCUT2D eigenvalue weighted by Gasteiger charge is -2.39. The third kappa shape index (κ3) is 5.63. The molecule has 1 atom stereocenters. The summed E-state index contributed by atoms with van der Waals surface area (Å²) in [6, 6.07) is 7.75. The molecule has 5 heteroatoms. The van der Waals surface area contributed by atoms with Gasteiger partial charge in [-0.3, -0.25) is 0 Å². The van der Waals surface area contributed by atoms with Crippen molar-refractivity contribution in [2.24, 2.45) is 17.6 Å². The third-order valence-electron chi connectivity index (χ3n) is 4.91. The van der Waals surface area contributed by atoms with E-state index in [9.17, 15) is 5.11 Å². The maximum Gasteiger partial charge on any atom is 0.451 e. The summed E-state index contributed by atoms with van der Waals surface area (Å²) in [5.41, 5.74) is 7.51. The van der Waals surface area contributed by atoms with E-state index in [1.54, 1.807) is 12.1 Å². The molecule has 5 N–H and O–H groups in total. The van der Waals surface area contributed by atoms with Crippen molar-refractivity contribution >= 4 is 7.12 Å². The number of aromatic hydroxyl groups is 1. The zero-order chi connectivity index (χ0) is 15.9. The molecule has 0 saturated heterocycles. The van der Waals surface area contributed by atoms with Gasteiger partial charge in [0.15, 0.2) is 0 Å². The van der Waals surface area contributed by atoms with E-state index in [1.165, 1.54) is 24.8 Å². The van der Waals surface area contributed by atoms with Gasteiger partial charge in [-0.15, -0.1) is 0 Å². The summed E-state index contributed by atoms with van der Waals surface area (Å²) in [6.07, 6.45) is 7.97. The highest BCUT2D eigenvalue weighted by Gasteiger charge is 2.32. The molecular weight excluding hydrogens is 277 g/mol. The number of benzene rings is 1. The zero-order valence-corrected chi connectivity index (χ0v) is 13.2. The molecule has 4 nitrogen and oxygen atoms in total. The molecule has 1 fully saturated rings. The standard InChI is InChI=1S/C17H28BNO3/c19-17(3-1-2-10-18(21)22)15-11-14(12-15)5-4-13-6-8-16(20)9-7-13/h6-9,14-15,17,20-22H,1-5,10-12,19H2. The van der Waals surface area contributed by atoms with Crippen LogP contribution in [0.2, 0.25) is 6.32 Å². The first-order valence-electron chi connectivity index (χ1n) is 8.44. The maximum atomic E-state index is 9.26. The van der Waals surface area contributed by atoms with Crippen LogP contribution in [-0.4, -0.2) is 28.3 Å². The second kappa shape index (κ2) is 8.56. The van der Waals surface area contributed by atoms with Gasteiger partial charge in [0.05, 0.1) is 0 Å². The summed E-state index contributed by atoms with van der Waals surface area (Å²) in [4.78, 5) is 0. The van der Waals surface area contributed by atoms with Crippen LogP contribution in [0, 0.1) is 11.8 Å². The first-order valence-corrected chi connectivity index (χ1v) is 8.44. The van der Waals surface area contributed by atoms with Crippen LogP contribution >= 0.6 is 0 Å². The highest BCUT2D eigenvalue weighted by atomic mass is 16.4. The Kier molecular flexibility index (Phi) is 6.74. The number of hydrogen-bond acceptors (Lipinski definition) is 4. The van der Waals surface area contributed by atoms with Crippen LogP contribution in [0.25, 0.3) is 0 Å². The Labute approximate surface area is 133 Å². The van der Waals surface area contributed by atoms with E-state index in [2.05, 4.69) is 0 Å². The van der Waals surface area contributed by atoms with E-state index in [1.807, 2.05) is 12.1 Å². The van der Waals surface area contributed by atoms with Crippen molar-refractivity contribution in [3.63, 3.8) is 0 Å². The lowest BCUT2D eigenvalue weighted by atomic mass is 9.68. The number of unbranched alkanes of at least 4 members (excludes halogenated alkanes) is 1. The van der Waals surface area contributed by atoms with Crippen molar-refractivity contribution in [2.75, 3.05) is 0 Å². The van der Waals surface area contributed by atoms with E-state index in [-0.39, 0.29) is 6.04 Å². The van der Waals surface area contributed by atoms with E-state index in [4.69, 9.17) is 15.8 Å². The van der Waals surface area contributed by atoms with Crippen molar-refractivity contribution in [1.82, 2.24) is 0 Å². The fourth-order valence-electron chi connectivity index (χ4n) is 3.35. The van der Waals surface area contributed by atoms with Crippen molar-refractivity contribution in [3.05, 3.63) is 29.8 Å². The van der Waals surface area contributed by atoms with E-state index in [0.29, 0.717) is 18.0 Å². The average Bonchev–Trinajstić information content (AvgIpc) is 2.43. The Morgan fingerprint density at radius 3 is 2.45 bits per heavy atom. The molecule has 0 aliphatic heterocycles. The minimum absolute atomic E-state index is 0.265. The van der Waals surface area contributed by atoms with Gasteiger partial charge in [-0.1, -0.05) is 25.0 Å². The predicted octanol–water partition coefficient (Wildman–Crippen LogP) is 2.32. The highest BCUT2D eigenvalue weighted by Crippen LogP contribution is 2.39. The van der Waals surface area contributed by atoms with Crippen LogP contribution in [-0.2, 0) is 6.42 Å².